The molecular weight excluding hydrogens is 248 g/mol. The van der Waals surface area contributed by atoms with Crippen molar-refractivity contribution < 1.29 is 9.53 Å². The Bertz CT molecular complexity index is 406. The van der Waals surface area contributed by atoms with E-state index in [0.717, 1.165) is 36.8 Å². The summed E-state index contributed by atoms with van der Waals surface area (Å²) in [4.78, 5) is 15.0. The normalized spacial score (nSPS) is 15.5. The number of carbonyl (C=O) groups excluding carboxylic acids is 1. The van der Waals surface area contributed by atoms with Gasteiger partial charge in [0.05, 0.1) is 12.9 Å². The number of hydrogen-bond donors (Lipinski definition) is 1. The molecule has 1 N–H and O–H groups in total. The topological polar surface area (TPSA) is 41.6 Å². The summed E-state index contributed by atoms with van der Waals surface area (Å²) < 4.78 is 5.16. The number of ether oxygens (including phenoxy) is 1. The highest BCUT2D eigenvalue weighted by Gasteiger charge is 2.15. The minimum atomic E-state index is 0.212. The van der Waals surface area contributed by atoms with Gasteiger partial charge < -0.3 is 15.0 Å². The van der Waals surface area contributed by atoms with Gasteiger partial charge in [0, 0.05) is 31.1 Å². The van der Waals surface area contributed by atoms with E-state index in [1.807, 2.05) is 29.2 Å². The van der Waals surface area contributed by atoms with Crippen molar-refractivity contribution in [3.8, 4) is 5.75 Å². The quantitative estimate of drug-likeness (QED) is 0.832. The molecule has 0 radical (unpaired) electrons. The van der Waals surface area contributed by atoms with Crippen molar-refractivity contribution in [3.05, 3.63) is 24.3 Å². The zero-order valence-corrected chi connectivity index (χ0v) is 11.3. The SMILES string of the molecule is COc1cccc(SCC(=O)N2CCNCC2)c1. The zero-order valence-electron chi connectivity index (χ0n) is 10.5. The van der Waals surface area contributed by atoms with E-state index in [-0.39, 0.29) is 5.91 Å². The van der Waals surface area contributed by atoms with E-state index >= 15 is 0 Å². The van der Waals surface area contributed by atoms with Crippen LogP contribution in [-0.2, 0) is 4.79 Å². The Kier molecular flexibility index (Phi) is 4.90. The third kappa shape index (κ3) is 3.65. The fourth-order valence-electron chi connectivity index (χ4n) is 1.84. The van der Waals surface area contributed by atoms with Crippen LogP contribution in [0.3, 0.4) is 0 Å². The van der Waals surface area contributed by atoms with Crippen molar-refractivity contribution in [3.63, 3.8) is 0 Å². The molecule has 1 aliphatic heterocycles. The van der Waals surface area contributed by atoms with Crippen LogP contribution in [0.4, 0.5) is 0 Å². The standard InChI is InChI=1S/C13H18N2O2S/c1-17-11-3-2-4-12(9-11)18-10-13(16)15-7-5-14-6-8-15/h2-4,9,14H,5-8,10H2,1H3. The molecule has 2 rings (SSSR count). The molecule has 0 unspecified atom stereocenters. The molecule has 4 nitrogen and oxygen atoms in total. The van der Waals surface area contributed by atoms with Gasteiger partial charge in [-0.1, -0.05) is 6.07 Å². The van der Waals surface area contributed by atoms with Crippen molar-refractivity contribution in [1.29, 1.82) is 0 Å². The summed E-state index contributed by atoms with van der Waals surface area (Å²) in [5.41, 5.74) is 0. The van der Waals surface area contributed by atoms with E-state index in [1.165, 1.54) is 0 Å². The fourth-order valence-corrected chi connectivity index (χ4v) is 2.69. The minimum absolute atomic E-state index is 0.212. The lowest BCUT2D eigenvalue weighted by Gasteiger charge is -2.27. The van der Waals surface area contributed by atoms with Crippen molar-refractivity contribution >= 4 is 17.7 Å². The first-order valence-electron chi connectivity index (χ1n) is 6.05. The summed E-state index contributed by atoms with van der Waals surface area (Å²) in [6, 6.07) is 7.80. The molecule has 98 valence electrons. The van der Waals surface area contributed by atoms with Gasteiger partial charge in [0.2, 0.25) is 5.91 Å². The molecular formula is C13H18N2O2S. The van der Waals surface area contributed by atoms with Crippen molar-refractivity contribution in [2.45, 2.75) is 4.90 Å². The number of nitrogens with zero attached hydrogens (tertiary/aromatic N) is 1. The number of hydrogen-bond acceptors (Lipinski definition) is 4. The third-order valence-electron chi connectivity index (χ3n) is 2.87. The van der Waals surface area contributed by atoms with E-state index in [2.05, 4.69) is 5.32 Å². The van der Waals surface area contributed by atoms with Crippen LogP contribution in [-0.4, -0.2) is 49.8 Å². The van der Waals surface area contributed by atoms with Crippen LogP contribution in [0.1, 0.15) is 0 Å². The first kappa shape index (κ1) is 13.2. The molecule has 0 aliphatic carbocycles. The van der Waals surface area contributed by atoms with Crippen LogP contribution in [0.2, 0.25) is 0 Å². The van der Waals surface area contributed by atoms with Gasteiger partial charge >= 0.3 is 0 Å². The first-order chi connectivity index (χ1) is 8.79. The molecule has 1 amide bonds. The second kappa shape index (κ2) is 6.66. The van der Waals surface area contributed by atoms with Gasteiger partial charge in [0.15, 0.2) is 0 Å². The van der Waals surface area contributed by atoms with E-state index in [9.17, 15) is 4.79 Å². The largest absolute Gasteiger partial charge is 0.497 e. The highest BCUT2D eigenvalue weighted by molar-refractivity contribution is 8.00. The summed E-state index contributed by atoms with van der Waals surface area (Å²) in [6.07, 6.45) is 0. The molecule has 0 spiro atoms. The van der Waals surface area contributed by atoms with Crippen molar-refractivity contribution in [2.24, 2.45) is 0 Å². The van der Waals surface area contributed by atoms with Crippen molar-refractivity contribution in [1.82, 2.24) is 10.2 Å². The summed E-state index contributed by atoms with van der Waals surface area (Å²) >= 11 is 1.56. The maximum absolute atomic E-state index is 12.0. The van der Waals surface area contributed by atoms with Crippen LogP contribution < -0.4 is 10.1 Å². The molecule has 0 bridgehead atoms. The maximum Gasteiger partial charge on any atom is 0.233 e. The number of rotatable bonds is 4. The molecule has 0 saturated carbocycles. The van der Waals surface area contributed by atoms with Crippen LogP contribution >= 0.6 is 11.8 Å². The average molecular weight is 266 g/mol. The lowest BCUT2D eigenvalue weighted by Crippen LogP contribution is -2.47. The summed E-state index contributed by atoms with van der Waals surface area (Å²) in [5, 5.41) is 3.24. The molecule has 18 heavy (non-hydrogen) atoms. The minimum Gasteiger partial charge on any atom is -0.497 e. The van der Waals surface area contributed by atoms with Gasteiger partial charge in [-0.05, 0) is 18.2 Å². The summed E-state index contributed by atoms with van der Waals surface area (Å²) in [5.74, 6) is 1.53. The Morgan fingerprint density at radius 2 is 2.22 bits per heavy atom. The second-order valence-electron chi connectivity index (χ2n) is 4.10. The van der Waals surface area contributed by atoms with Crippen LogP contribution in [0.15, 0.2) is 29.2 Å². The monoisotopic (exact) mass is 266 g/mol. The van der Waals surface area contributed by atoms with Crippen LogP contribution in [0, 0.1) is 0 Å². The number of methoxy groups -OCH3 is 1. The van der Waals surface area contributed by atoms with Crippen molar-refractivity contribution in [2.75, 3.05) is 39.0 Å². The van der Waals surface area contributed by atoms with Gasteiger partial charge in [0.25, 0.3) is 0 Å². The molecule has 1 aromatic rings. The number of benzene rings is 1. The van der Waals surface area contributed by atoms with Gasteiger partial charge in [-0.2, -0.15) is 0 Å². The zero-order chi connectivity index (χ0) is 12.8. The van der Waals surface area contributed by atoms with E-state index in [0.29, 0.717) is 5.75 Å². The molecule has 5 heteroatoms. The second-order valence-corrected chi connectivity index (χ2v) is 5.15. The van der Waals surface area contributed by atoms with Gasteiger partial charge in [-0.25, -0.2) is 0 Å². The number of thioether (sulfide) groups is 1. The molecule has 1 saturated heterocycles. The van der Waals surface area contributed by atoms with Gasteiger partial charge in [-0.15, -0.1) is 11.8 Å². The Hall–Kier alpha value is -1.20. The van der Waals surface area contributed by atoms with Gasteiger partial charge in [-0.3, -0.25) is 4.79 Å². The molecule has 0 atom stereocenters. The van der Waals surface area contributed by atoms with E-state index < -0.39 is 0 Å². The predicted octanol–water partition coefficient (Wildman–Crippen LogP) is 1.22. The maximum atomic E-state index is 12.0. The van der Waals surface area contributed by atoms with E-state index in [1.54, 1.807) is 18.9 Å². The highest BCUT2D eigenvalue weighted by Crippen LogP contribution is 2.23. The molecule has 1 aliphatic rings. The molecule has 1 fully saturated rings. The Labute approximate surface area is 112 Å². The number of carbonyl (C=O) groups is 1. The Morgan fingerprint density at radius 1 is 1.44 bits per heavy atom. The number of nitrogens with one attached hydrogen (secondary N) is 1. The lowest BCUT2D eigenvalue weighted by molar-refractivity contribution is -0.128. The predicted molar refractivity (Wildman–Crippen MR) is 73.2 cm³/mol. The fraction of sp³-hybridized carbons (Fsp3) is 0.462. The Balaban J connectivity index is 1.84. The van der Waals surface area contributed by atoms with Gasteiger partial charge in [0.1, 0.15) is 5.75 Å². The summed E-state index contributed by atoms with van der Waals surface area (Å²) in [6.45, 7) is 3.43. The smallest absolute Gasteiger partial charge is 0.233 e. The molecule has 1 aromatic carbocycles. The lowest BCUT2D eigenvalue weighted by atomic mass is 10.3. The summed E-state index contributed by atoms with van der Waals surface area (Å²) in [7, 11) is 1.65. The Morgan fingerprint density at radius 3 is 2.94 bits per heavy atom. The van der Waals surface area contributed by atoms with Crippen LogP contribution in [0.25, 0.3) is 0 Å². The third-order valence-corrected chi connectivity index (χ3v) is 3.85. The number of piperazine rings is 1. The highest BCUT2D eigenvalue weighted by atomic mass is 32.2. The van der Waals surface area contributed by atoms with E-state index in [4.69, 9.17) is 4.74 Å². The first-order valence-corrected chi connectivity index (χ1v) is 7.03. The molecule has 0 aromatic heterocycles. The number of amides is 1. The van der Waals surface area contributed by atoms with Crippen LogP contribution in [0.5, 0.6) is 5.75 Å². The molecule has 1 heterocycles. The average Bonchev–Trinajstić information content (AvgIpc) is 2.46.